The summed E-state index contributed by atoms with van der Waals surface area (Å²) in [6, 6.07) is 0. The molecule has 12 heavy (non-hydrogen) atoms. The summed E-state index contributed by atoms with van der Waals surface area (Å²) >= 11 is 1.57. The molecule has 0 bridgehead atoms. The molecule has 0 spiro atoms. The molecule has 0 N–H and O–H groups in total. The lowest BCUT2D eigenvalue weighted by atomic mass is 10.4. The Hall–Kier alpha value is -1.02. The van der Waals surface area contributed by atoms with Gasteiger partial charge in [0.05, 0.1) is 5.70 Å². The lowest BCUT2D eigenvalue weighted by Gasteiger charge is -1.98. The molecule has 0 atom stereocenters. The zero-order valence-corrected chi connectivity index (χ0v) is 7.68. The maximum absolute atomic E-state index is 3.93. The first-order valence-corrected chi connectivity index (χ1v) is 4.58. The van der Waals surface area contributed by atoms with E-state index in [0.717, 1.165) is 17.0 Å². The second-order valence-electron chi connectivity index (χ2n) is 2.23. The number of thioether (sulfide) groups is 1. The molecule has 0 fully saturated rings. The molecule has 0 saturated carbocycles. The molecule has 0 heterocycles. The van der Waals surface area contributed by atoms with Crippen LogP contribution in [0.3, 0.4) is 0 Å². The maximum Gasteiger partial charge on any atom is 0.0758 e. The Kier molecular flexibility index (Phi) is 3.61. The molecule has 0 saturated heterocycles. The molecular formula is C10H11NS. The smallest absolute Gasteiger partial charge is 0.0758 e. The number of hydrogen-bond acceptors (Lipinski definition) is 2. The van der Waals surface area contributed by atoms with Crippen molar-refractivity contribution in [1.82, 2.24) is 0 Å². The third-order valence-corrected chi connectivity index (χ3v) is 2.22. The Bertz CT molecular complexity index is 272. The first-order chi connectivity index (χ1) is 5.88. The molecule has 0 aliphatic heterocycles. The van der Waals surface area contributed by atoms with E-state index in [9.17, 15) is 0 Å². The summed E-state index contributed by atoms with van der Waals surface area (Å²) in [5.74, 6) is 0. The van der Waals surface area contributed by atoms with Gasteiger partial charge in [-0.2, -0.15) is 0 Å². The second-order valence-corrected chi connectivity index (χ2v) is 3.24. The third kappa shape index (κ3) is 2.24. The van der Waals surface area contributed by atoms with E-state index >= 15 is 0 Å². The van der Waals surface area contributed by atoms with Crippen molar-refractivity contribution < 1.29 is 0 Å². The quantitative estimate of drug-likeness (QED) is 0.602. The number of allylic oxidation sites excluding steroid dienone is 4. The van der Waals surface area contributed by atoms with Gasteiger partial charge in [0, 0.05) is 4.91 Å². The zero-order valence-electron chi connectivity index (χ0n) is 6.86. The summed E-state index contributed by atoms with van der Waals surface area (Å²) in [5, 5.41) is 1.80. The molecular weight excluding hydrogens is 166 g/mol. The van der Waals surface area contributed by atoms with Crippen LogP contribution in [-0.2, 0) is 0 Å². The van der Waals surface area contributed by atoms with Gasteiger partial charge in [0.1, 0.15) is 0 Å². The first-order valence-electron chi connectivity index (χ1n) is 3.70. The molecule has 0 aromatic carbocycles. The van der Waals surface area contributed by atoms with Crippen LogP contribution < -0.4 is 0 Å². The molecule has 1 rings (SSSR count). The van der Waals surface area contributed by atoms with Crippen molar-refractivity contribution in [1.29, 1.82) is 0 Å². The van der Waals surface area contributed by atoms with E-state index in [1.54, 1.807) is 17.2 Å². The van der Waals surface area contributed by atoms with Crippen LogP contribution in [0, 0.1) is 0 Å². The maximum atomic E-state index is 3.93. The standard InChI is InChI=1S/C10H11NS/c1-3-12-10-8-6-4-5-7-9(10)11-2/h3,5-8H,1-2,4H2. The molecule has 0 unspecified atom stereocenters. The average molecular weight is 177 g/mol. The number of aliphatic imine (C=N–C) groups is 1. The summed E-state index contributed by atoms with van der Waals surface area (Å²) in [7, 11) is 0. The molecule has 1 nitrogen and oxygen atoms in total. The first kappa shape index (κ1) is 9.07. The van der Waals surface area contributed by atoms with Gasteiger partial charge in [-0.15, -0.1) is 0 Å². The molecule has 0 aromatic rings. The van der Waals surface area contributed by atoms with Crippen molar-refractivity contribution in [2.75, 3.05) is 0 Å². The predicted molar refractivity (Wildman–Crippen MR) is 57.3 cm³/mol. The number of hydrogen-bond donors (Lipinski definition) is 0. The molecule has 62 valence electrons. The SMILES string of the molecule is C=CSC1=C(N=C)C=CCC=C1. The fraction of sp³-hybridized carbons (Fsp3) is 0.100. The Morgan fingerprint density at radius 2 is 2.17 bits per heavy atom. The van der Waals surface area contributed by atoms with Crippen LogP contribution in [-0.4, -0.2) is 6.72 Å². The van der Waals surface area contributed by atoms with Crippen molar-refractivity contribution in [3.63, 3.8) is 0 Å². The van der Waals surface area contributed by atoms with Crippen LogP contribution in [0.2, 0.25) is 0 Å². The van der Waals surface area contributed by atoms with Crippen molar-refractivity contribution in [3.8, 4) is 0 Å². The number of rotatable bonds is 3. The van der Waals surface area contributed by atoms with Crippen LogP contribution in [0.1, 0.15) is 6.42 Å². The summed E-state index contributed by atoms with van der Waals surface area (Å²) in [5.41, 5.74) is 0.925. The van der Waals surface area contributed by atoms with Crippen LogP contribution in [0.15, 0.2) is 51.9 Å². The van der Waals surface area contributed by atoms with Gasteiger partial charge in [0.25, 0.3) is 0 Å². The minimum absolute atomic E-state index is 0.925. The minimum Gasteiger partial charge on any atom is -0.263 e. The highest BCUT2D eigenvalue weighted by atomic mass is 32.2. The average Bonchev–Trinajstić information content (AvgIpc) is 2.30. The fourth-order valence-corrected chi connectivity index (χ4v) is 1.53. The highest BCUT2D eigenvalue weighted by Crippen LogP contribution is 2.25. The van der Waals surface area contributed by atoms with Gasteiger partial charge >= 0.3 is 0 Å². The highest BCUT2D eigenvalue weighted by Gasteiger charge is 1.99. The Morgan fingerprint density at radius 1 is 1.42 bits per heavy atom. The largest absolute Gasteiger partial charge is 0.263 e. The van der Waals surface area contributed by atoms with E-state index < -0.39 is 0 Å². The zero-order chi connectivity index (χ0) is 8.81. The summed E-state index contributed by atoms with van der Waals surface area (Å²) in [6.45, 7) is 7.18. The normalized spacial score (nSPS) is 16.0. The summed E-state index contributed by atoms with van der Waals surface area (Å²) in [4.78, 5) is 5.04. The van der Waals surface area contributed by atoms with E-state index in [4.69, 9.17) is 0 Å². The van der Waals surface area contributed by atoms with E-state index in [1.807, 2.05) is 6.08 Å². The Morgan fingerprint density at radius 3 is 2.83 bits per heavy atom. The Labute approximate surface area is 77.3 Å². The van der Waals surface area contributed by atoms with Gasteiger partial charge in [0.15, 0.2) is 0 Å². The van der Waals surface area contributed by atoms with Crippen molar-refractivity contribution in [2.24, 2.45) is 4.99 Å². The van der Waals surface area contributed by atoms with Crippen LogP contribution in [0.25, 0.3) is 0 Å². The highest BCUT2D eigenvalue weighted by molar-refractivity contribution is 8.06. The minimum atomic E-state index is 0.925. The van der Waals surface area contributed by atoms with E-state index in [-0.39, 0.29) is 0 Å². The molecule has 0 aromatic heterocycles. The van der Waals surface area contributed by atoms with Gasteiger partial charge in [-0.3, -0.25) is 4.99 Å². The fourth-order valence-electron chi connectivity index (χ4n) is 0.921. The van der Waals surface area contributed by atoms with Gasteiger partial charge in [-0.25, -0.2) is 0 Å². The lowest BCUT2D eigenvalue weighted by molar-refractivity contribution is 1.38. The predicted octanol–water partition coefficient (Wildman–Crippen LogP) is 3.29. The molecule has 1 aliphatic rings. The van der Waals surface area contributed by atoms with E-state index in [0.29, 0.717) is 0 Å². The van der Waals surface area contributed by atoms with Gasteiger partial charge in [-0.05, 0) is 30.7 Å². The van der Waals surface area contributed by atoms with Gasteiger partial charge in [0.2, 0.25) is 0 Å². The summed E-state index contributed by atoms with van der Waals surface area (Å²) in [6.07, 6.45) is 9.16. The van der Waals surface area contributed by atoms with Crippen molar-refractivity contribution in [2.45, 2.75) is 6.42 Å². The Balaban J connectivity index is 2.97. The molecule has 0 radical (unpaired) electrons. The van der Waals surface area contributed by atoms with Crippen LogP contribution in [0.4, 0.5) is 0 Å². The monoisotopic (exact) mass is 177 g/mol. The van der Waals surface area contributed by atoms with Crippen molar-refractivity contribution in [3.05, 3.63) is 46.9 Å². The van der Waals surface area contributed by atoms with Crippen LogP contribution in [0.5, 0.6) is 0 Å². The lowest BCUT2D eigenvalue weighted by Crippen LogP contribution is -1.75. The summed E-state index contributed by atoms with van der Waals surface area (Å²) < 4.78 is 0. The second kappa shape index (κ2) is 4.78. The molecule has 1 aliphatic carbocycles. The van der Waals surface area contributed by atoms with E-state index in [1.165, 1.54) is 0 Å². The van der Waals surface area contributed by atoms with Crippen molar-refractivity contribution >= 4 is 18.5 Å². The van der Waals surface area contributed by atoms with Crippen LogP contribution >= 0.6 is 11.8 Å². The topological polar surface area (TPSA) is 12.4 Å². The third-order valence-electron chi connectivity index (χ3n) is 1.45. The van der Waals surface area contributed by atoms with E-state index in [2.05, 4.69) is 36.5 Å². The number of nitrogens with zero attached hydrogens (tertiary/aromatic N) is 1. The molecule has 0 amide bonds. The van der Waals surface area contributed by atoms with Gasteiger partial charge < -0.3 is 0 Å². The van der Waals surface area contributed by atoms with Gasteiger partial charge in [-0.1, -0.05) is 30.5 Å². The molecule has 2 heteroatoms.